The second-order valence-corrected chi connectivity index (χ2v) is 5.67. The smallest absolute Gasteiger partial charge is 0.139 e. The second kappa shape index (κ2) is 3.89. The number of hydrogen-bond acceptors (Lipinski definition) is 5. The summed E-state index contributed by atoms with van der Waals surface area (Å²) in [5, 5.41) is 1.23. The highest BCUT2D eigenvalue weighted by molar-refractivity contribution is 7.10. The maximum atomic E-state index is 5.70. The maximum absolute atomic E-state index is 5.70. The Morgan fingerprint density at radius 3 is 3.12 bits per heavy atom. The van der Waals surface area contributed by atoms with Gasteiger partial charge < -0.3 is 10.6 Å². The van der Waals surface area contributed by atoms with E-state index in [-0.39, 0.29) is 0 Å². The van der Waals surface area contributed by atoms with Crippen LogP contribution in [0, 0.1) is 0 Å². The summed E-state index contributed by atoms with van der Waals surface area (Å²) in [5.74, 6) is 0.654. The Morgan fingerprint density at radius 1 is 1.50 bits per heavy atom. The van der Waals surface area contributed by atoms with Gasteiger partial charge >= 0.3 is 0 Å². The molecule has 2 saturated heterocycles. The SMILES string of the molecule is CC1CN2CCCC2CN1c1cc(N)ns1. The van der Waals surface area contributed by atoms with Gasteiger partial charge in [-0.1, -0.05) is 0 Å². The third-order valence-electron chi connectivity index (χ3n) is 3.74. The molecule has 0 spiro atoms. The van der Waals surface area contributed by atoms with E-state index < -0.39 is 0 Å². The first-order chi connectivity index (χ1) is 7.74. The predicted molar refractivity (Wildman–Crippen MR) is 67.9 cm³/mol. The van der Waals surface area contributed by atoms with Crippen LogP contribution < -0.4 is 10.6 Å². The third kappa shape index (κ3) is 1.68. The van der Waals surface area contributed by atoms with Crippen molar-refractivity contribution in [3.63, 3.8) is 0 Å². The van der Waals surface area contributed by atoms with Gasteiger partial charge in [0.2, 0.25) is 0 Å². The van der Waals surface area contributed by atoms with E-state index in [0.717, 1.165) is 12.6 Å². The predicted octanol–water partition coefficient (Wildman–Crippen LogP) is 1.40. The van der Waals surface area contributed by atoms with Crippen molar-refractivity contribution in [3.05, 3.63) is 6.07 Å². The van der Waals surface area contributed by atoms with Crippen LogP contribution >= 0.6 is 11.5 Å². The monoisotopic (exact) mass is 238 g/mol. The normalized spacial score (nSPS) is 30.7. The number of nitrogens with two attached hydrogens (primary N) is 1. The molecule has 1 aromatic heterocycles. The van der Waals surface area contributed by atoms with Crippen LogP contribution in [0.15, 0.2) is 6.07 Å². The molecule has 0 amide bonds. The molecule has 2 atom stereocenters. The van der Waals surface area contributed by atoms with Crippen molar-refractivity contribution < 1.29 is 0 Å². The molecule has 88 valence electrons. The standard InChI is InChI=1S/C11H18N4S/c1-8-6-14-4-2-3-9(14)7-15(8)11-5-10(12)13-16-11/h5,8-9H,2-4,6-7H2,1H3,(H2,12,13). The van der Waals surface area contributed by atoms with Crippen molar-refractivity contribution in [3.8, 4) is 0 Å². The number of nitrogens with zero attached hydrogens (tertiary/aromatic N) is 3. The Kier molecular flexibility index (Phi) is 2.52. The quantitative estimate of drug-likeness (QED) is 0.803. The lowest BCUT2D eigenvalue weighted by molar-refractivity contribution is 0.203. The van der Waals surface area contributed by atoms with Gasteiger partial charge in [-0.3, -0.25) is 4.90 Å². The number of piperazine rings is 1. The van der Waals surface area contributed by atoms with Crippen molar-refractivity contribution in [2.75, 3.05) is 30.3 Å². The highest BCUT2D eigenvalue weighted by Crippen LogP contribution is 2.31. The molecular weight excluding hydrogens is 220 g/mol. The van der Waals surface area contributed by atoms with Crippen LogP contribution in [0.4, 0.5) is 10.8 Å². The minimum atomic E-state index is 0.578. The summed E-state index contributed by atoms with van der Waals surface area (Å²) in [6, 6.07) is 3.33. The van der Waals surface area contributed by atoms with Crippen LogP contribution in [0.5, 0.6) is 0 Å². The van der Waals surface area contributed by atoms with E-state index in [1.54, 1.807) is 0 Å². The van der Waals surface area contributed by atoms with E-state index in [1.165, 1.54) is 42.5 Å². The lowest BCUT2D eigenvalue weighted by Crippen LogP contribution is -2.54. The molecule has 2 fully saturated rings. The van der Waals surface area contributed by atoms with Crippen LogP contribution in [-0.2, 0) is 0 Å². The fraction of sp³-hybridized carbons (Fsp3) is 0.727. The molecule has 2 N–H and O–H groups in total. The fourth-order valence-corrected chi connectivity index (χ4v) is 3.69. The van der Waals surface area contributed by atoms with E-state index in [2.05, 4.69) is 21.1 Å². The Morgan fingerprint density at radius 2 is 2.38 bits per heavy atom. The molecule has 16 heavy (non-hydrogen) atoms. The van der Waals surface area contributed by atoms with E-state index in [1.807, 2.05) is 6.07 Å². The summed E-state index contributed by atoms with van der Waals surface area (Å²) in [6.45, 7) is 5.91. The van der Waals surface area contributed by atoms with Crippen LogP contribution in [0.25, 0.3) is 0 Å². The minimum absolute atomic E-state index is 0.578. The zero-order valence-electron chi connectivity index (χ0n) is 9.59. The average molecular weight is 238 g/mol. The summed E-state index contributed by atoms with van der Waals surface area (Å²) in [5.41, 5.74) is 5.70. The van der Waals surface area contributed by atoms with Gasteiger partial charge in [-0.05, 0) is 37.8 Å². The number of nitrogen functional groups attached to an aromatic ring is 1. The van der Waals surface area contributed by atoms with Gasteiger partial charge in [-0.15, -0.1) is 0 Å². The molecule has 3 rings (SSSR count). The van der Waals surface area contributed by atoms with Gasteiger partial charge in [0.25, 0.3) is 0 Å². The van der Waals surface area contributed by atoms with E-state index in [4.69, 9.17) is 5.73 Å². The Hall–Kier alpha value is -0.810. The molecule has 0 saturated carbocycles. The molecule has 0 aromatic carbocycles. The van der Waals surface area contributed by atoms with Gasteiger partial charge in [0.15, 0.2) is 0 Å². The number of aromatic nitrogens is 1. The zero-order valence-corrected chi connectivity index (χ0v) is 10.4. The molecule has 0 radical (unpaired) electrons. The molecule has 2 unspecified atom stereocenters. The number of rotatable bonds is 1. The number of anilines is 2. The third-order valence-corrected chi connectivity index (χ3v) is 4.58. The molecule has 0 aliphatic carbocycles. The first kappa shape index (κ1) is 10.4. The van der Waals surface area contributed by atoms with E-state index in [9.17, 15) is 0 Å². The van der Waals surface area contributed by atoms with Crippen LogP contribution in [0.2, 0.25) is 0 Å². The minimum Gasteiger partial charge on any atom is -0.383 e. The molecule has 1 aromatic rings. The van der Waals surface area contributed by atoms with Gasteiger partial charge in [0.05, 0.1) is 0 Å². The van der Waals surface area contributed by atoms with Gasteiger partial charge in [-0.2, -0.15) is 4.37 Å². The van der Waals surface area contributed by atoms with Crippen LogP contribution in [0.1, 0.15) is 19.8 Å². The highest BCUT2D eigenvalue weighted by Gasteiger charge is 2.34. The van der Waals surface area contributed by atoms with Gasteiger partial charge in [0.1, 0.15) is 10.8 Å². The van der Waals surface area contributed by atoms with Gasteiger partial charge in [0, 0.05) is 31.2 Å². The summed E-state index contributed by atoms with van der Waals surface area (Å²) < 4.78 is 4.18. The summed E-state index contributed by atoms with van der Waals surface area (Å²) in [4.78, 5) is 5.10. The lowest BCUT2D eigenvalue weighted by atomic mass is 10.1. The fourth-order valence-electron chi connectivity index (χ4n) is 2.91. The molecule has 2 aliphatic rings. The Balaban J connectivity index is 1.80. The van der Waals surface area contributed by atoms with Crippen molar-refractivity contribution >= 4 is 22.4 Å². The first-order valence-electron chi connectivity index (χ1n) is 5.97. The van der Waals surface area contributed by atoms with Crippen molar-refractivity contribution in [2.45, 2.75) is 31.8 Å². The summed E-state index contributed by atoms with van der Waals surface area (Å²) in [7, 11) is 0. The summed E-state index contributed by atoms with van der Waals surface area (Å²) in [6.07, 6.45) is 2.70. The van der Waals surface area contributed by atoms with Crippen molar-refractivity contribution in [2.24, 2.45) is 0 Å². The van der Waals surface area contributed by atoms with Crippen molar-refractivity contribution in [1.29, 1.82) is 0 Å². The zero-order chi connectivity index (χ0) is 11.1. The maximum Gasteiger partial charge on any atom is 0.139 e. The largest absolute Gasteiger partial charge is 0.383 e. The first-order valence-corrected chi connectivity index (χ1v) is 6.74. The van der Waals surface area contributed by atoms with E-state index >= 15 is 0 Å². The molecule has 0 bridgehead atoms. The van der Waals surface area contributed by atoms with Crippen LogP contribution in [-0.4, -0.2) is 41.0 Å². The average Bonchev–Trinajstić information content (AvgIpc) is 2.84. The topological polar surface area (TPSA) is 45.4 Å². The number of fused-ring (bicyclic) bond motifs is 1. The molecular formula is C11H18N4S. The molecule has 5 heteroatoms. The van der Waals surface area contributed by atoms with E-state index in [0.29, 0.717) is 11.9 Å². The molecule has 3 heterocycles. The highest BCUT2D eigenvalue weighted by atomic mass is 32.1. The van der Waals surface area contributed by atoms with Gasteiger partial charge in [-0.25, -0.2) is 0 Å². The molecule has 2 aliphatic heterocycles. The lowest BCUT2D eigenvalue weighted by Gasteiger charge is -2.42. The Labute approximate surface area is 100 Å². The van der Waals surface area contributed by atoms with Crippen LogP contribution in [0.3, 0.4) is 0 Å². The molecule has 4 nitrogen and oxygen atoms in total. The summed E-state index contributed by atoms with van der Waals surface area (Å²) >= 11 is 1.53. The second-order valence-electron chi connectivity index (χ2n) is 4.88. The Bertz CT molecular complexity index is 378. The number of hydrogen-bond donors (Lipinski definition) is 1. The van der Waals surface area contributed by atoms with Crippen molar-refractivity contribution in [1.82, 2.24) is 9.27 Å².